The highest BCUT2D eigenvalue weighted by Crippen LogP contribution is 2.30. The summed E-state index contributed by atoms with van der Waals surface area (Å²) in [5, 5.41) is 3.49. The van der Waals surface area contributed by atoms with Crippen molar-refractivity contribution in [2.24, 2.45) is 5.92 Å². The highest BCUT2D eigenvalue weighted by Gasteiger charge is 2.39. The van der Waals surface area contributed by atoms with Crippen molar-refractivity contribution in [2.45, 2.75) is 70.0 Å². The molecule has 96 valence electrons. The molecule has 0 aromatic carbocycles. The molecule has 3 unspecified atom stereocenters. The minimum absolute atomic E-state index is 0.139. The number of nitrogens with one attached hydrogen (secondary N) is 1. The molecule has 3 aliphatic rings. The van der Waals surface area contributed by atoms with Crippen LogP contribution in [-0.4, -0.2) is 35.5 Å². The number of likely N-dealkylation sites (tertiary alicyclic amines) is 1. The molecule has 0 aromatic rings. The fourth-order valence-electron chi connectivity index (χ4n) is 3.44. The fraction of sp³-hybridized carbons (Fsp3) is 0.929. The molecule has 1 heterocycles. The second kappa shape index (κ2) is 4.60. The van der Waals surface area contributed by atoms with Gasteiger partial charge in [-0.25, -0.2) is 0 Å². The quantitative estimate of drug-likeness (QED) is 0.812. The smallest absolute Gasteiger partial charge is 0.240 e. The van der Waals surface area contributed by atoms with Gasteiger partial charge >= 0.3 is 0 Å². The van der Waals surface area contributed by atoms with Crippen molar-refractivity contribution in [1.82, 2.24) is 10.2 Å². The number of rotatable bonds is 3. The van der Waals surface area contributed by atoms with E-state index in [0.717, 1.165) is 18.9 Å². The van der Waals surface area contributed by atoms with Gasteiger partial charge in [0, 0.05) is 18.6 Å². The molecular formula is C14H24N2O. The third-order valence-electron chi connectivity index (χ3n) is 4.60. The van der Waals surface area contributed by atoms with Crippen LogP contribution in [0.4, 0.5) is 0 Å². The van der Waals surface area contributed by atoms with Crippen LogP contribution < -0.4 is 5.32 Å². The van der Waals surface area contributed by atoms with E-state index in [1.807, 2.05) is 0 Å². The summed E-state index contributed by atoms with van der Waals surface area (Å²) >= 11 is 0. The van der Waals surface area contributed by atoms with E-state index >= 15 is 0 Å². The van der Waals surface area contributed by atoms with E-state index in [1.54, 1.807) is 0 Å². The lowest BCUT2D eigenvalue weighted by Gasteiger charge is -2.34. The average molecular weight is 236 g/mol. The van der Waals surface area contributed by atoms with Crippen molar-refractivity contribution >= 4 is 5.91 Å². The van der Waals surface area contributed by atoms with E-state index in [2.05, 4.69) is 17.1 Å². The molecule has 0 radical (unpaired) electrons. The lowest BCUT2D eigenvalue weighted by molar-refractivity contribution is -0.132. The van der Waals surface area contributed by atoms with Crippen LogP contribution in [0.25, 0.3) is 0 Å². The minimum Gasteiger partial charge on any atom is -0.338 e. The number of amides is 1. The van der Waals surface area contributed by atoms with Crippen LogP contribution in [-0.2, 0) is 4.79 Å². The highest BCUT2D eigenvalue weighted by atomic mass is 16.2. The first-order valence-electron chi connectivity index (χ1n) is 7.30. The number of carbonyl (C=O) groups excluding carboxylic acids is 1. The first-order valence-corrected chi connectivity index (χ1v) is 7.30. The largest absolute Gasteiger partial charge is 0.338 e. The van der Waals surface area contributed by atoms with Gasteiger partial charge in [-0.2, -0.15) is 0 Å². The Labute approximate surface area is 104 Å². The van der Waals surface area contributed by atoms with Gasteiger partial charge < -0.3 is 10.2 Å². The molecule has 3 nitrogen and oxygen atoms in total. The number of hydrogen-bond acceptors (Lipinski definition) is 2. The Hall–Kier alpha value is -0.570. The molecule has 3 heteroatoms. The van der Waals surface area contributed by atoms with Crippen LogP contribution in [0.5, 0.6) is 0 Å². The van der Waals surface area contributed by atoms with Gasteiger partial charge in [0.25, 0.3) is 0 Å². The Morgan fingerprint density at radius 1 is 1.18 bits per heavy atom. The predicted octanol–water partition coefficient (Wildman–Crippen LogP) is 1.92. The summed E-state index contributed by atoms with van der Waals surface area (Å²) in [6, 6.07) is 1.33. The van der Waals surface area contributed by atoms with E-state index in [9.17, 15) is 4.79 Å². The number of nitrogens with zero attached hydrogens (tertiary/aromatic N) is 1. The summed E-state index contributed by atoms with van der Waals surface area (Å²) in [6.45, 7) is 3.31. The Kier molecular flexibility index (Phi) is 3.12. The van der Waals surface area contributed by atoms with Crippen LogP contribution in [0.3, 0.4) is 0 Å². The van der Waals surface area contributed by atoms with Crippen LogP contribution in [0.15, 0.2) is 0 Å². The lowest BCUT2D eigenvalue weighted by Crippen LogP contribution is -2.44. The molecular weight excluding hydrogens is 212 g/mol. The Balaban J connectivity index is 1.58. The Bertz CT molecular complexity index is 301. The second-order valence-corrected chi connectivity index (χ2v) is 6.24. The van der Waals surface area contributed by atoms with Gasteiger partial charge in [0.15, 0.2) is 0 Å². The van der Waals surface area contributed by atoms with Crippen molar-refractivity contribution in [3.05, 3.63) is 0 Å². The summed E-state index contributed by atoms with van der Waals surface area (Å²) < 4.78 is 0. The summed E-state index contributed by atoms with van der Waals surface area (Å²) in [4.78, 5) is 14.5. The van der Waals surface area contributed by atoms with Crippen LogP contribution in [0.1, 0.15) is 51.9 Å². The van der Waals surface area contributed by atoms with E-state index in [0.29, 0.717) is 18.0 Å². The third-order valence-corrected chi connectivity index (χ3v) is 4.60. The van der Waals surface area contributed by atoms with Gasteiger partial charge in [-0.1, -0.05) is 19.8 Å². The van der Waals surface area contributed by atoms with Gasteiger partial charge in [-0.15, -0.1) is 0 Å². The average Bonchev–Trinajstić information content (AvgIpc) is 3.04. The standard InChI is InChI=1S/C14H24N2O/c1-10-3-2-4-12(9-10)16-8-7-13(14(16)17)15-11-5-6-11/h10-13,15H,2-9H2,1H3. The zero-order chi connectivity index (χ0) is 11.8. The number of carbonyl (C=O) groups is 1. The maximum Gasteiger partial charge on any atom is 0.240 e. The Morgan fingerprint density at radius 2 is 2.00 bits per heavy atom. The van der Waals surface area contributed by atoms with E-state index in [1.165, 1.54) is 38.5 Å². The van der Waals surface area contributed by atoms with Crippen molar-refractivity contribution in [3.63, 3.8) is 0 Å². The summed E-state index contributed by atoms with van der Waals surface area (Å²) in [7, 11) is 0. The van der Waals surface area contributed by atoms with Crippen LogP contribution >= 0.6 is 0 Å². The first-order chi connectivity index (χ1) is 8.24. The van der Waals surface area contributed by atoms with Gasteiger partial charge in [0.1, 0.15) is 0 Å². The molecule has 3 fully saturated rings. The fourth-order valence-corrected chi connectivity index (χ4v) is 3.44. The zero-order valence-corrected chi connectivity index (χ0v) is 10.8. The minimum atomic E-state index is 0.139. The van der Waals surface area contributed by atoms with Gasteiger partial charge in [-0.3, -0.25) is 4.79 Å². The molecule has 1 N–H and O–H groups in total. The zero-order valence-electron chi connectivity index (χ0n) is 10.8. The highest BCUT2D eigenvalue weighted by molar-refractivity contribution is 5.84. The molecule has 17 heavy (non-hydrogen) atoms. The van der Waals surface area contributed by atoms with Crippen LogP contribution in [0, 0.1) is 5.92 Å². The van der Waals surface area contributed by atoms with E-state index in [4.69, 9.17) is 0 Å². The normalized spacial score (nSPS) is 38.8. The summed E-state index contributed by atoms with van der Waals surface area (Å²) in [6.07, 6.45) is 8.67. The van der Waals surface area contributed by atoms with E-state index < -0.39 is 0 Å². The summed E-state index contributed by atoms with van der Waals surface area (Å²) in [5.41, 5.74) is 0. The topological polar surface area (TPSA) is 32.3 Å². The molecule has 3 rings (SSSR count). The SMILES string of the molecule is CC1CCCC(N2CCC(NC3CC3)C2=O)C1. The Morgan fingerprint density at radius 3 is 2.71 bits per heavy atom. The predicted molar refractivity (Wildman–Crippen MR) is 67.7 cm³/mol. The van der Waals surface area contributed by atoms with Crippen molar-refractivity contribution in [2.75, 3.05) is 6.54 Å². The first kappa shape index (κ1) is 11.5. The molecule has 0 aromatic heterocycles. The van der Waals surface area contributed by atoms with E-state index in [-0.39, 0.29) is 6.04 Å². The molecule has 1 saturated heterocycles. The van der Waals surface area contributed by atoms with Crippen LogP contribution in [0.2, 0.25) is 0 Å². The number of hydrogen-bond donors (Lipinski definition) is 1. The summed E-state index contributed by atoms with van der Waals surface area (Å²) in [5.74, 6) is 1.19. The molecule has 3 atom stereocenters. The molecule has 2 saturated carbocycles. The molecule has 1 amide bonds. The van der Waals surface area contributed by atoms with Gasteiger partial charge in [0.05, 0.1) is 6.04 Å². The molecule has 1 aliphatic heterocycles. The van der Waals surface area contributed by atoms with Crippen molar-refractivity contribution < 1.29 is 4.79 Å². The lowest BCUT2D eigenvalue weighted by atomic mass is 9.86. The molecule has 2 aliphatic carbocycles. The monoisotopic (exact) mass is 236 g/mol. The van der Waals surface area contributed by atoms with Crippen molar-refractivity contribution in [1.29, 1.82) is 0 Å². The maximum atomic E-state index is 12.3. The third kappa shape index (κ3) is 2.49. The van der Waals surface area contributed by atoms with Gasteiger partial charge in [-0.05, 0) is 38.0 Å². The van der Waals surface area contributed by atoms with Gasteiger partial charge in [0.2, 0.25) is 5.91 Å². The maximum absolute atomic E-state index is 12.3. The second-order valence-electron chi connectivity index (χ2n) is 6.24. The van der Waals surface area contributed by atoms with Crippen molar-refractivity contribution in [3.8, 4) is 0 Å². The molecule has 0 bridgehead atoms. The molecule has 0 spiro atoms.